The summed E-state index contributed by atoms with van der Waals surface area (Å²) >= 11 is 0. The Bertz CT molecular complexity index is 884. The summed E-state index contributed by atoms with van der Waals surface area (Å²) in [4.78, 5) is 12.4. The Morgan fingerprint density at radius 1 is 1.04 bits per heavy atom. The monoisotopic (exact) mass is 339 g/mol. The summed E-state index contributed by atoms with van der Waals surface area (Å²) < 4.78 is 18.0. The number of ether oxygens (including phenoxy) is 3. The van der Waals surface area contributed by atoms with Crippen molar-refractivity contribution in [1.29, 1.82) is 0 Å². The van der Waals surface area contributed by atoms with Crippen LogP contribution >= 0.6 is 0 Å². The summed E-state index contributed by atoms with van der Waals surface area (Å²) in [6.07, 6.45) is 1.83. The summed E-state index contributed by atoms with van der Waals surface area (Å²) in [5.74, 6) is 0.863. The first kappa shape index (κ1) is 16.9. The number of hydrogen-bond donors (Lipinski definition) is 0. The van der Waals surface area contributed by atoms with Crippen LogP contribution in [0.5, 0.6) is 11.5 Å². The van der Waals surface area contributed by atoms with Crippen LogP contribution < -0.4 is 9.47 Å². The van der Waals surface area contributed by atoms with E-state index in [0.29, 0.717) is 30.2 Å². The van der Waals surface area contributed by atoms with Crippen molar-refractivity contribution in [3.05, 3.63) is 59.8 Å². The van der Waals surface area contributed by atoms with E-state index in [-0.39, 0.29) is 5.97 Å². The van der Waals surface area contributed by atoms with Crippen molar-refractivity contribution in [2.75, 3.05) is 20.8 Å². The molecule has 0 spiro atoms. The van der Waals surface area contributed by atoms with Crippen LogP contribution in [0.1, 0.15) is 22.8 Å². The van der Waals surface area contributed by atoms with Gasteiger partial charge in [0.05, 0.1) is 31.9 Å². The Hall–Kier alpha value is -2.95. The average molecular weight is 339 g/mol. The molecule has 25 heavy (non-hydrogen) atoms. The van der Waals surface area contributed by atoms with Gasteiger partial charge in [0.2, 0.25) is 0 Å². The van der Waals surface area contributed by atoms with Gasteiger partial charge in [0.1, 0.15) is 0 Å². The molecule has 0 unspecified atom stereocenters. The second-order valence-electron chi connectivity index (χ2n) is 5.60. The molecule has 5 nitrogen and oxygen atoms in total. The molecule has 0 amide bonds. The van der Waals surface area contributed by atoms with E-state index in [1.165, 1.54) is 0 Å². The molecule has 0 N–H and O–H groups in total. The van der Waals surface area contributed by atoms with Crippen LogP contribution in [0.3, 0.4) is 0 Å². The Morgan fingerprint density at radius 2 is 1.72 bits per heavy atom. The van der Waals surface area contributed by atoms with Crippen molar-refractivity contribution in [2.45, 2.75) is 13.5 Å². The van der Waals surface area contributed by atoms with Gasteiger partial charge in [0, 0.05) is 24.2 Å². The van der Waals surface area contributed by atoms with Crippen molar-refractivity contribution in [1.82, 2.24) is 4.57 Å². The Labute approximate surface area is 146 Å². The molecule has 3 rings (SSSR count). The number of aromatic nitrogens is 1. The van der Waals surface area contributed by atoms with Crippen LogP contribution in [0.25, 0.3) is 10.9 Å². The van der Waals surface area contributed by atoms with Crippen molar-refractivity contribution < 1.29 is 19.0 Å². The zero-order valence-corrected chi connectivity index (χ0v) is 14.6. The number of carbonyl (C=O) groups excluding carboxylic acids is 1. The second kappa shape index (κ2) is 7.30. The molecule has 0 aliphatic heterocycles. The van der Waals surface area contributed by atoms with Gasteiger partial charge in [0.25, 0.3) is 0 Å². The topological polar surface area (TPSA) is 49.7 Å². The predicted molar refractivity (Wildman–Crippen MR) is 96.5 cm³/mol. The van der Waals surface area contributed by atoms with Crippen LogP contribution in [-0.4, -0.2) is 31.4 Å². The molecule has 0 saturated carbocycles. The fourth-order valence-electron chi connectivity index (χ4n) is 2.90. The number of nitrogens with zero attached hydrogens (tertiary/aromatic N) is 1. The van der Waals surface area contributed by atoms with Gasteiger partial charge in [-0.3, -0.25) is 0 Å². The quantitative estimate of drug-likeness (QED) is 0.640. The predicted octanol–water partition coefficient (Wildman–Crippen LogP) is 3.88. The largest absolute Gasteiger partial charge is 0.493 e. The maximum absolute atomic E-state index is 12.4. The molecule has 0 radical (unpaired) electrons. The normalized spacial score (nSPS) is 10.7. The zero-order valence-electron chi connectivity index (χ0n) is 14.6. The molecule has 0 bridgehead atoms. The molecule has 0 atom stereocenters. The minimum absolute atomic E-state index is 0.331. The van der Waals surface area contributed by atoms with E-state index in [4.69, 9.17) is 14.2 Å². The summed E-state index contributed by atoms with van der Waals surface area (Å²) in [5, 5.41) is 0.784. The SMILES string of the molecule is CCOC(=O)c1cn(Cc2ccccc2)c2cc(OC)c(OC)cc12. The van der Waals surface area contributed by atoms with Crippen LogP contribution in [0.2, 0.25) is 0 Å². The number of hydrogen-bond acceptors (Lipinski definition) is 4. The molecule has 130 valence electrons. The third-order valence-corrected chi connectivity index (χ3v) is 4.08. The van der Waals surface area contributed by atoms with Gasteiger partial charge in [0.15, 0.2) is 11.5 Å². The summed E-state index contributed by atoms with van der Waals surface area (Å²) in [6.45, 7) is 2.77. The number of methoxy groups -OCH3 is 2. The maximum atomic E-state index is 12.4. The van der Waals surface area contributed by atoms with Crippen molar-refractivity contribution in [3.63, 3.8) is 0 Å². The van der Waals surface area contributed by atoms with Crippen LogP contribution in [0, 0.1) is 0 Å². The number of fused-ring (bicyclic) bond motifs is 1. The number of rotatable bonds is 6. The molecule has 0 saturated heterocycles. The van der Waals surface area contributed by atoms with Crippen molar-refractivity contribution in [3.8, 4) is 11.5 Å². The summed E-state index contributed by atoms with van der Waals surface area (Å²) in [7, 11) is 3.18. The highest BCUT2D eigenvalue weighted by molar-refractivity contribution is 6.05. The fraction of sp³-hybridized carbons (Fsp3) is 0.250. The maximum Gasteiger partial charge on any atom is 0.340 e. The molecule has 0 aliphatic carbocycles. The summed E-state index contributed by atoms with van der Waals surface area (Å²) in [6, 6.07) is 13.8. The average Bonchev–Trinajstić information content (AvgIpc) is 2.99. The van der Waals surface area contributed by atoms with Crippen LogP contribution in [-0.2, 0) is 11.3 Å². The van der Waals surface area contributed by atoms with Crippen LogP contribution in [0.4, 0.5) is 0 Å². The lowest BCUT2D eigenvalue weighted by molar-refractivity contribution is 0.0528. The highest BCUT2D eigenvalue weighted by Crippen LogP contribution is 2.35. The van der Waals surface area contributed by atoms with Crippen molar-refractivity contribution >= 4 is 16.9 Å². The minimum atomic E-state index is -0.341. The van der Waals surface area contributed by atoms with E-state index in [0.717, 1.165) is 16.5 Å². The fourth-order valence-corrected chi connectivity index (χ4v) is 2.90. The Morgan fingerprint density at radius 3 is 2.36 bits per heavy atom. The first-order valence-electron chi connectivity index (χ1n) is 8.13. The van der Waals surface area contributed by atoms with E-state index in [1.54, 1.807) is 21.1 Å². The smallest absolute Gasteiger partial charge is 0.340 e. The van der Waals surface area contributed by atoms with Gasteiger partial charge in [-0.1, -0.05) is 30.3 Å². The molecule has 0 aliphatic rings. The molecular formula is C20H21NO4. The Kier molecular flexibility index (Phi) is 4.93. The number of esters is 1. The van der Waals surface area contributed by atoms with Gasteiger partial charge < -0.3 is 18.8 Å². The highest BCUT2D eigenvalue weighted by atomic mass is 16.5. The molecule has 0 fully saturated rings. The minimum Gasteiger partial charge on any atom is -0.493 e. The lowest BCUT2D eigenvalue weighted by Gasteiger charge is -2.10. The molecule has 1 heterocycles. The van der Waals surface area contributed by atoms with E-state index in [2.05, 4.69) is 12.1 Å². The standard InChI is InChI=1S/C20H21NO4/c1-4-25-20(22)16-13-21(12-14-8-6-5-7-9-14)17-11-19(24-3)18(23-2)10-15(16)17/h5-11,13H,4,12H2,1-3H3. The van der Waals surface area contributed by atoms with E-state index < -0.39 is 0 Å². The van der Waals surface area contributed by atoms with E-state index in [9.17, 15) is 4.79 Å². The Balaban J connectivity index is 2.16. The van der Waals surface area contributed by atoms with Crippen LogP contribution in [0.15, 0.2) is 48.7 Å². The van der Waals surface area contributed by atoms with E-state index in [1.807, 2.05) is 41.1 Å². The number of carbonyl (C=O) groups is 1. The highest BCUT2D eigenvalue weighted by Gasteiger charge is 2.19. The molecule has 2 aromatic carbocycles. The zero-order chi connectivity index (χ0) is 17.8. The summed E-state index contributed by atoms with van der Waals surface area (Å²) in [5.41, 5.74) is 2.56. The first-order valence-corrected chi connectivity index (χ1v) is 8.13. The number of benzene rings is 2. The second-order valence-corrected chi connectivity index (χ2v) is 5.60. The first-order chi connectivity index (χ1) is 12.2. The lowest BCUT2D eigenvalue weighted by atomic mass is 10.1. The molecule has 1 aromatic heterocycles. The van der Waals surface area contributed by atoms with Gasteiger partial charge in [-0.05, 0) is 18.6 Å². The third kappa shape index (κ3) is 3.31. The van der Waals surface area contributed by atoms with Gasteiger partial charge in [-0.2, -0.15) is 0 Å². The van der Waals surface area contributed by atoms with Gasteiger partial charge in [-0.25, -0.2) is 4.79 Å². The molecule has 5 heteroatoms. The van der Waals surface area contributed by atoms with Gasteiger partial charge in [-0.15, -0.1) is 0 Å². The van der Waals surface area contributed by atoms with Gasteiger partial charge >= 0.3 is 5.97 Å². The lowest BCUT2D eigenvalue weighted by Crippen LogP contribution is -2.04. The van der Waals surface area contributed by atoms with E-state index >= 15 is 0 Å². The molecule has 3 aromatic rings. The van der Waals surface area contributed by atoms with Crippen molar-refractivity contribution in [2.24, 2.45) is 0 Å². The third-order valence-electron chi connectivity index (χ3n) is 4.08. The molecular weight excluding hydrogens is 318 g/mol.